The van der Waals surface area contributed by atoms with Crippen LogP contribution in [0.5, 0.6) is 0 Å². The molecule has 0 atom stereocenters. The lowest BCUT2D eigenvalue weighted by molar-refractivity contribution is -0.0452. The number of hydrogen-bond acceptors (Lipinski definition) is 2. The number of nitrogens with one attached hydrogen (secondary N) is 1. The van der Waals surface area contributed by atoms with Gasteiger partial charge in [-0.3, -0.25) is 0 Å². The maximum Gasteiger partial charge on any atom is 0.0675 e. The highest BCUT2D eigenvalue weighted by Crippen LogP contribution is 2.23. The zero-order valence-electron chi connectivity index (χ0n) is 6.81. The average molecular weight is 166 g/mol. The van der Waals surface area contributed by atoms with Crippen LogP contribution in [0, 0.1) is 5.92 Å². The lowest BCUT2D eigenvalue weighted by Crippen LogP contribution is -2.53. The van der Waals surface area contributed by atoms with Crippen LogP contribution in [0.2, 0.25) is 0 Å². The van der Waals surface area contributed by atoms with Crippen molar-refractivity contribution in [2.24, 2.45) is 5.92 Å². The molecule has 1 fully saturated rings. The van der Waals surface area contributed by atoms with E-state index in [1.54, 1.807) is 7.11 Å². The van der Waals surface area contributed by atoms with Gasteiger partial charge in [0.2, 0.25) is 0 Å². The van der Waals surface area contributed by atoms with Crippen LogP contribution in [0.3, 0.4) is 0 Å². The minimum atomic E-state index is 0. The molecule has 1 aliphatic rings. The lowest BCUT2D eigenvalue weighted by atomic mass is 9.86. The molecule has 0 amide bonds. The number of halogens is 1. The van der Waals surface area contributed by atoms with Gasteiger partial charge >= 0.3 is 0 Å². The van der Waals surface area contributed by atoms with E-state index in [0.29, 0.717) is 5.92 Å². The Bertz CT molecular complexity index is 102. The molecule has 0 bridgehead atoms. The minimum absolute atomic E-state index is 0. The highest BCUT2D eigenvalue weighted by atomic mass is 35.5. The Hall–Kier alpha value is 0.210. The first-order valence-electron chi connectivity index (χ1n) is 3.42. The van der Waals surface area contributed by atoms with Crippen LogP contribution in [0.4, 0.5) is 0 Å². The van der Waals surface area contributed by atoms with E-state index in [4.69, 9.17) is 4.74 Å². The Labute approximate surface area is 68.7 Å². The summed E-state index contributed by atoms with van der Waals surface area (Å²) in [6, 6.07) is 0. The Balaban J connectivity index is 0.000000810. The van der Waals surface area contributed by atoms with E-state index in [0.717, 1.165) is 13.1 Å². The van der Waals surface area contributed by atoms with Crippen molar-refractivity contribution >= 4 is 12.4 Å². The summed E-state index contributed by atoms with van der Waals surface area (Å²) in [5.74, 6) is 0.711. The fourth-order valence-electron chi connectivity index (χ4n) is 0.947. The van der Waals surface area contributed by atoms with Crippen LogP contribution in [0.25, 0.3) is 0 Å². The topological polar surface area (TPSA) is 21.3 Å². The van der Waals surface area contributed by atoms with Crippen molar-refractivity contribution in [2.75, 3.05) is 20.2 Å². The highest BCUT2D eigenvalue weighted by Gasteiger charge is 2.33. The predicted molar refractivity (Wildman–Crippen MR) is 44.7 cm³/mol. The highest BCUT2D eigenvalue weighted by molar-refractivity contribution is 5.85. The van der Waals surface area contributed by atoms with Crippen molar-refractivity contribution in [3.8, 4) is 0 Å². The van der Waals surface area contributed by atoms with Crippen LogP contribution in [-0.2, 0) is 4.74 Å². The molecule has 0 aromatic heterocycles. The van der Waals surface area contributed by atoms with E-state index >= 15 is 0 Å². The molecular weight excluding hydrogens is 150 g/mol. The summed E-state index contributed by atoms with van der Waals surface area (Å²) in [6.45, 7) is 6.50. The summed E-state index contributed by atoms with van der Waals surface area (Å²) in [7, 11) is 1.78. The number of hydrogen-bond donors (Lipinski definition) is 1. The monoisotopic (exact) mass is 165 g/mol. The van der Waals surface area contributed by atoms with Gasteiger partial charge in [-0.15, -0.1) is 12.4 Å². The van der Waals surface area contributed by atoms with Crippen LogP contribution in [0.15, 0.2) is 0 Å². The molecule has 0 radical (unpaired) electrons. The van der Waals surface area contributed by atoms with Crippen LogP contribution >= 0.6 is 12.4 Å². The molecule has 1 rings (SSSR count). The smallest absolute Gasteiger partial charge is 0.0675 e. The zero-order chi connectivity index (χ0) is 6.91. The van der Waals surface area contributed by atoms with Gasteiger partial charge in [-0.05, 0) is 13.8 Å². The molecule has 10 heavy (non-hydrogen) atoms. The van der Waals surface area contributed by atoms with Gasteiger partial charge in [-0.2, -0.15) is 0 Å². The maximum absolute atomic E-state index is 5.30. The van der Waals surface area contributed by atoms with Crippen LogP contribution in [-0.4, -0.2) is 25.8 Å². The van der Waals surface area contributed by atoms with E-state index in [2.05, 4.69) is 19.2 Å². The lowest BCUT2D eigenvalue weighted by Gasteiger charge is -2.39. The number of rotatable bonds is 2. The average Bonchev–Trinajstić information content (AvgIpc) is 1.60. The van der Waals surface area contributed by atoms with E-state index < -0.39 is 0 Å². The molecule has 62 valence electrons. The number of ether oxygens (including phenoxy) is 1. The largest absolute Gasteiger partial charge is 0.378 e. The molecule has 1 aliphatic heterocycles. The van der Waals surface area contributed by atoms with E-state index in [-0.39, 0.29) is 18.0 Å². The molecule has 0 spiro atoms. The van der Waals surface area contributed by atoms with Crippen molar-refractivity contribution in [1.82, 2.24) is 5.32 Å². The molecule has 0 aromatic rings. The van der Waals surface area contributed by atoms with Gasteiger partial charge in [0.1, 0.15) is 0 Å². The molecule has 3 heteroatoms. The zero-order valence-corrected chi connectivity index (χ0v) is 7.62. The molecule has 0 aliphatic carbocycles. The molecular formula is C7H16ClNO. The third-order valence-corrected chi connectivity index (χ3v) is 2.29. The fraction of sp³-hybridized carbons (Fsp3) is 1.00. The van der Waals surface area contributed by atoms with E-state index in [1.165, 1.54) is 0 Å². The normalized spacial score (nSPS) is 19.5. The molecule has 0 unspecified atom stereocenters. The summed E-state index contributed by atoms with van der Waals surface area (Å²) in [5.41, 5.74) is 0.0747. The molecule has 1 N–H and O–H groups in total. The van der Waals surface area contributed by atoms with Crippen molar-refractivity contribution in [2.45, 2.75) is 19.4 Å². The Morgan fingerprint density at radius 2 is 1.90 bits per heavy atom. The summed E-state index contributed by atoms with van der Waals surface area (Å²) in [5, 5.41) is 3.22. The summed E-state index contributed by atoms with van der Waals surface area (Å²) in [4.78, 5) is 0. The third-order valence-electron chi connectivity index (χ3n) is 2.29. The van der Waals surface area contributed by atoms with Gasteiger partial charge < -0.3 is 10.1 Å². The van der Waals surface area contributed by atoms with Gasteiger partial charge in [0, 0.05) is 26.1 Å². The third kappa shape index (κ3) is 1.84. The molecule has 1 heterocycles. The SMILES string of the molecule is COC(C)(C)C1CNC1.Cl. The first-order chi connectivity index (χ1) is 4.17. The van der Waals surface area contributed by atoms with Crippen molar-refractivity contribution < 1.29 is 4.74 Å². The summed E-state index contributed by atoms with van der Waals surface area (Å²) in [6.07, 6.45) is 0. The predicted octanol–water partition coefficient (Wildman–Crippen LogP) is 1.05. The standard InChI is InChI=1S/C7H15NO.ClH/c1-7(2,9-3)6-4-8-5-6;/h6,8H,4-5H2,1-3H3;1H. The number of methoxy groups -OCH3 is 1. The fourth-order valence-corrected chi connectivity index (χ4v) is 0.947. The Morgan fingerprint density at radius 3 is 2.00 bits per heavy atom. The summed E-state index contributed by atoms with van der Waals surface area (Å²) < 4.78 is 5.30. The Morgan fingerprint density at radius 1 is 1.40 bits per heavy atom. The van der Waals surface area contributed by atoms with Crippen molar-refractivity contribution in [1.29, 1.82) is 0 Å². The quantitative estimate of drug-likeness (QED) is 0.661. The second kappa shape index (κ2) is 3.56. The molecule has 0 aromatic carbocycles. The van der Waals surface area contributed by atoms with Crippen molar-refractivity contribution in [3.63, 3.8) is 0 Å². The molecule has 0 saturated carbocycles. The van der Waals surface area contributed by atoms with E-state index in [9.17, 15) is 0 Å². The first kappa shape index (κ1) is 10.2. The molecule has 1 saturated heterocycles. The second-order valence-corrected chi connectivity index (χ2v) is 3.16. The second-order valence-electron chi connectivity index (χ2n) is 3.16. The van der Waals surface area contributed by atoms with Crippen LogP contribution < -0.4 is 5.32 Å². The Kier molecular flexibility index (Phi) is 3.63. The van der Waals surface area contributed by atoms with Crippen molar-refractivity contribution in [3.05, 3.63) is 0 Å². The summed E-state index contributed by atoms with van der Waals surface area (Å²) >= 11 is 0. The maximum atomic E-state index is 5.30. The van der Waals surface area contributed by atoms with Gasteiger partial charge in [0.05, 0.1) is 5.60 Å². The van der Waals surface area contributed by atoms with Crippen LogP contribution in [0.1, 0.15) is 13.8 Å². The first-order valence-corrected chi connectivity index (χ1v) is 3.42. The van der Waals surface area contributed by atoms with Gasteiger partial charge in [0.25, 0.3) is 0 Å². The van der Waals surface area contributed by atoms with E-state index in [1.807, 2.05) is 0 Å². The minimum Gasteiger partial charge on any atom is -0.378 e. The van der Waals surface area contributed by atoms with Gasteiger partial charge in [-0.25, -0.2) is 0 Å². The molecule has 2 nitrogen and oxygen atoms in total. The van der Waals surface area contributed by atoms with Gasteiger partial charge in [0.15, 0.2) is 0 Å². The van der Waals surface area contributed by atoms with Gasteiger partial charge in [-0.1, -0.05) is 0 Å².